The SMILES string of the molecule is COC(=O)c1ccc2c(c1C)N[C@H](c1cccc(F)c1)[C@H]1CC=C[C@@H]21. The monoisotopic (exact) mass is 337 g/mol. The molecule has 0 bridgehead atoms. The number of anilines is 1. The zero-order valence-corrected chi connectivity index (χ0v) is 14.3. The highest BCUT2D eigenvalue weighted by Gasteiger charge is 2.39. The first-order valence-electron chi connectivity index (χ1n) is 8.50. The van der Waals surface area contributed by atoms with Crippen LogP contribution in [0.15, 0.2) is 48.6 Å². The van der Waals surface area contributed by atoms with Crippen LogP contribution in [0.4, 0.5) is 10.1 Å². The van der Waals surface area contributed by atoms with Crippen molar-refractivity contribution in [2.75, 3.05) is 12.4 Å². The van der Waals surface area contributed by atoms with Gasteiger partial charge in [-0.2, -0.15) is 0 Å². The van der Waals surface area contributed by atoms with Crippen molar-refractivity contribution in [1.82, 2.24) is 0 Å². The van der Waals surface area contributed by atoms with E-state index >= 15 is 0 Å². The molecule has 0 unspecified atom stereocenters. The standard InChI is InChI=1S/C21H20FNO2/c1-12-15(21(24)25-2)9-10-18-16-7-4-8-17(16)20(23-19(12)18)13-5-3-6-14(22)11-13/h3-7,9-11,16-17,20,23H,8H2,1-2H3/t16-,17+,20-/m1/s1. The molecular weight excluding hydrogens is 317 g/mol. The number of ether oxygens (including phenoxy) is 1. The highest BCUT2D eigenvalue weighted by molar-refractivity contribution is 5.93. The van der Waals surface area contributed by atoms with E-state index in [1.54, 1.807) is 12.1 Å². The number of allylic oxidation sites excluding steroid dienone is 2. The van der Waals surface area contributed by atoms with Gasteiger partial charge in [0.25, 0.3) is 0 Å². The topological polar surface area (TPSA) is 38.3 Å². The van der Waals surface area contributed by atoms with E-state index in [-0.39, 0.29) is 23.7 Å². The van der Waals surface area contributed by atoms with Crippen molar-refractivity contribution in [2.45, 2.75) is 25.3 Å². The molecule has 4 rings (SSSR count). The molecule has 2 aromatic carbocycles. The average molecular weight is 337 g/mol. The molecule has 0 saturated carbocycles. The van der Waals surface area contributed by atoms with Gasteiger partial charge in [-0.15, -0.1) is 0 Å². The van der Waals surface area contributed by atoms with Crippen LogP contribution in [0.3, 0.4) is 0 Å². The lowest BCUT2D eigenvalue weighted by Crippen LogP contribution is -2.30. The lowest BCUT2D eigenvalue weighted by Gasteiger charge is -2.38. The van der Waals surface area contributed by atoms with E-state index in [2.05, 4.69) is 17.5 Å². The van der Waals surface area contributed by atoms with E-state index in [1.165, 1.54) is 18.7 Å². The Bertz CT molecular complexity index is 874. The van der Waals surface area contributed by atoms with Gasteiger partial charge in [0.05, 0.1) is 18.7 Å². The van der Waals surface area contributed by atoms with Gasteiger partial charge < -0.3 is 10.1 Å². The van der Waals surface area contributed by atoms with Crippen molar-refractivity contribution in [2.24, 2.45) is 5.92 Å². The second-order valence-corrected chi connectivity index (χ2v) is 6.72. The van der Waals surface area contributed by atoms with Gasteiger partial charge in [0, 0.05) is 11.6 Å². The largest absolute Gasteiger partial charge is 0.465 e. The molecule has 0 spiro atoms. The molecule has 4 heteroatoms. The Balaban J connectivity index is 1.83. The van der Waals surface area contributed by atoms with Gasteiger partial charge in [-0.3, -0.25) is 0 Å². The van der Waals surface area contributed by atoms with Crippen LogP contribution >= 0.6 is 0 Å². The molecule has 0 amide bonds. The zero-order chi connectivity index (χ0) is 17.6. The molecule has 0 saturated heterocycles. The summed E-state index contributed by atoms with van der Waals surface area (Å²) in [7, 11) is 1.39. The second-order valence-electron chi connectivity index (χ2n) is 6.72. The number of carbonyl (C=O) groups excluding carboxylic acids is 1. The number of carbonyl (C=O) groups is 1. The fraction of sp³-hybridized carbons (Fsp3) is 0.286. The van der Waals surface area contributed by atoms with Crippen molar-refractivity contribution in [3.8, 4) is 0 Å². The summed E-state index contributed by atoms with van der Waals surface area (Å²) in [6.07, 6.45) is 5.38. The fourth-order valence-corrected chi connectivity index (χ4v) is 4.18. The summed E-state index contributed by atoms with van der Waals surface area (Å²) in [4.78, 5) is 12.0. The summed E-state index contributed by atoms with van der Waals surface area (Å²) in [5.74, 6) is 0.0497. The minimum absolute atomic E-state index is 0.00907. The quantitative estimate of drug-likeness (QED) is 0.635. The highest BCUT2D eigenvalue weighted by atomic mass is 19.1. The lowest BCUT2D eigenvalue weighted by molar-refractivity contribution is 0.0600. The normalized spacial score (nSPS) is 23.6. The van der Waals surface area contributed by atoms with Crippen molar-refractivity contribution < 1.29 is 13.9 Å². The summed E-state index contributed by atoms with van der Waals surface area (Å²) >= 11 is 0. The van der Waals surface area contributed by atoms with E-state index in [1.807, 2.05) is 25.1 Å². The van der Waals surface area contributed by atoms with Gasteiger partial charge in [-0.05, 0) is 54.2 Å². The van der Waals surface area contributed by atoms with Crippen LogP contribution in [0.1, 0.15) is 45.4 Å². The van der Waals surface area contributed by atoms with Crippen molar-refractivity contribution in [3.63, 3.8) is 0 Å². The van der Waals surface area contributed by atoms with Crippen LogP contribution in [0.5, 0.6) is 0 Å². The summed E-state index contributed by atoms with van der Waals surface area (Å²) < 4.78 is 18.6. The summed E-state index contributed by atoms with van der Waals surface area (Å²) in [6.45, 7) is 1.93. The fourth-order valence-electron chi connectivity index (χ4n) is 4.18. The third-order valence-corrected chi connectivity index (χ3v) is 5.41. The molecular formula is C21H20FNO2. The summed E-state index contributed by atoms with van der Waals surface area (Å²) in [5, 5.41) is 3.59. The predicted octanol–water partition coefficient (Wildman–Crippen LogP) is 4.75. The Morgan fingerprint density at radius 2 is 2.12 bits per heavy atom. The maximum atomic E-state index is 13.8. The number of halogens is 1. The molecule has 3 nitrogen and oxygen atoms in total. The number of esters is 1. The van der Waals surface area contributed by atoms with Crippen LogP contribution < -0.4 is 5.32 Å². The van der Waals surface area contributed by atoms with Crippen LogP contribution in [-0.4, -0.2) is 13.1 Å². The van der Waals surface area contributed by atoms with Gasteiger partial charge in [-0.1, -0.05) is 30.4 Å². The average Bonchev–Trinajstić information content (AvgIpc) is 3.11. The number of fused-ring (bicyclic) bond motifs is 3. The second kappa shape index (κ2) is 6.03. The Kier molecular flexibility index (Phi) is 3.83. The van der Waals surface area contributed by atoms with Crippen LogP contribution in [0.25, 0.3) is 0 Å². The number of benzene rings is 2. The molecule has 128 valence electrons. The van der Waals surface area contributed by atoms with Crippen LogP contribution in [-0.2, 0) is 4.74 Å². The Hall–Kier alpha value is -2.62. The predicted molar refractivity (Wildman–Crippen MR) is 95.3 cm³/mol. The van der Waals surface area contributed by atoms with Gasteiger partial charge in [-0.25, -0.2) is 9.18 Å². The number of nitrogens with one attached hydrogen (secondary N) is 1. The van der Waals surface area contributed by atoms with Crippen molar-refractivity contribution in [3.05, 3.63) is 76.6 Å². The molecule has 1 aliphatic heterocycles. The molecule has 1 aliphatic carbocycles. The first-order valence-corrected chi connectivity index (χ1v) is 8.50. The number of methoxy groups -OCH3 is 1. The molecule has 25 heavy (non-hydrogen) atoms. The van der Waals surface area contributed by atoms with E-state index in [0.717, 1.165) is 23.2 Å². The third-order valence-electron chi connectivity index (χ3n) is 5.41. The highest BCUT2D eigenvalue weighted by Crippen LogP contribution is 2.51. The molecule has 3 atom stereocenters. The van der Waals surface area contributed by atoms with E-state index in [9.17, 15) is 9.18 Å². The van der Waals surface area contributed by atoms with E-state index in [0.29, 0.717) is 11.5 Å². The molecule has 2 aliphatic rings. The van der Waals surface area contributed by atoms with Crippen LogP contribution in [0, 0.1) is 18.7 Å². The number of rotatable bonds is 2. The Morgan fingerprint density at radius 1 is 1.28 bits per heavy atom. The Labute approximate surface area is 146 Å². The maximum Gasteiger partial charge on any atom is 0.338 e. The van der Waals surface area contributed by atoms with Gasteiger partial charge in [0.15, 0.2) is 0 Å². The smallest absolute Gasteiger partial charge is 0.338 e. The molecule has 2 aromatic rings. The minimum atomic E-state index is -0.339. The first kappa shape index (κ1) is 15.9. The first-order chi connectivity index (χ1) is 12.1. The molecule has 0 radical (unpaired) electrons. The molecule has 0 fully saturated rings. The molecule has 1 heterocycles. The van der Waals surface area contributed by atoms with E-state index in [4.69, 9.17) is 4.74 Å². The lowest BCUT2D eigenvalue weighted by atomic mass is 9.76. The summed E-state index contributed by atoms with van der Waals surface area (Å²) in [5.41, 5.74) is 4.53. The zero-order valence-electron chi connectivity index (χ0n) is 14.3. The van der Waals surface area contributed by atoms with Gasteiger partial charge in [0.1, 0.15) is 5.82 Å². The number of hydrogen-bond acceptors (Lipinski definition) is 3. The van der Waals surface area contributed by atoms with Crippen LogP contribution in [0.2, 0.25) is 0 Å². The number of hydrogen-bond donors (Lipinski definition) is 1. The van der Waals surface area contributed by atoms with Gasteiger partial charge >= 0.3 is 5.97 Å². The molecule has 0 aromatic heterocycles. The molecule has 1 N–H and O–H groups in total. The van der Waals surface area contributed by atoms with Crippen molar-refractivity contribution in [1.29, 1.82) is 0 Å². The van der Waals surface area contributed by atoms with Gasteiger partial charge in [0.2, 0.25) is 0 Å². The third kappa shape index (κ3) is 2.53. The Morgan fingerprint density at radius 3 is 2.88 bits per heavy atom. The van der Waals surface area contributed by atoms with Crippen molar-refractivity contribution >= 4 is 11.7 Å². The maximum absolute atomic E-state index is 13.8. The summed E-state index contributed by atoms with van der Waals surface area (Å²) in [6, 6.07) is 10.6. The van der Waals surface area contributed by atoms with E-state index < -0.39 is 0 Å². The minimum Gasteiger partial charge on any atom is -0.465 e.